The molecule has 1 saturated carbocycles. The Morgan fingerprint density at radius 1 is 1.15 bits per heavy atom. The molecule has 0 bridgehead atoms. The Morgan fingerprint density at radius 3 is 2.63 bits per heavy atom. The summed E-state index contributed by atoms with van der Waals surface area (Å²) < 4.78 is 11.2. The van der Waals surface area contributed by atoms with E-state index in [1.54, 1.807) is 18.2 Å². The van der Waals surface area contributed by atoms with Gasteiger partial charge in [0.25, 0.3) is 5.69 Å². The van der Waals surface area contributed by atoms with Crippen LogP contribution in [0.2, 0.25) is 0 Å². The number of nitro groups is 1. The minimum absolute atomic E-state index is 0.0229. The van der Waals surface area contributed by atoms with Crippen molar-refractivity contribution in [2.45, 2.75) is 25.3 Å². The monoisotopic (exact) mass is 368 g/mol. The van der Waals surface area contributed by atoms with E-state index < -0.39 is 4.92 Å². The lowest BCUT2D eigenvalue weighted by Gasteiger charge is -2.23. The van der Waals surface area contributed by atoms with Crippen molar-refractivity contribution in [3.05, 3.63) is 63.7 Å². The molecule has 27 heavy (non-hydrogen) atoms. The van der Waals surface area contributed by atoms with Crippen molar-refractivity contribution in [1.82, 2.24) is 5.32 Å². The zero-order valence-electron chi connectivity index (χ0n) is 14.7. The van der Waals surface area contributed by atoms with E-state index in [-0.39, 0.29) is 24.1 Å². The number of hydrogen-bond acceptors (Lipinski definition) is 5. The molecular formula is C20H20N2O5. The van der Waals surface area contributed by atoms with Gasteiger partial charge < -0.3 is 14.8 Å². The topological polar surface area (TPSA) is 90.7 Å². The first-order valence-electron chi connectivity index (χ1n) is 9.03. The molecule has 1 atom stereocenters. The van der Waals surface area contributed by atoms with Crippen LogP contribution in [-0.4, -0.2) is 24.0 Å². The van der Waals surface area contributed by atoms with E-state index in [4.69, 9.17) is 9.47 Å². The molecule has 1 amide bonds. The van der Waals surface area contributed by atoms with Crippen LogP contribution in [0.3, 0.4) is 0 Å². The van der Waals surface area contributed by atoms with Crippen LogP contribution in [0.1, 0.15) is 30.0 Å². The third-order valence-corrected chi connectivity index (χ3v) is 4.87. The van der Waals surface area contributed by atoms with Crippen LogP contribution in [0.15, 0.2) is 42.5 Å². The smallest absolute Gasteiger partial charge is 0.273 e. The molecule has 4 rings (SSSR count). The van der Waals surface area contributed by atoms with Crippen molar-refractivity contribution in [3.63, 3.8) is 0 Å². The van der Waals surface area contributed by atoms with Crippen LogP contribution in [0.25, 0.3) is 0 Å². The molecule has 0 aromatic heterocycles. The molecular weight excluding hydrogens is 348 g/mol. The fraction of sp³-hybridized carbons (Fsp3) is 0.350. The number of carbonyl (C=O) groups excluding carboxylic acids is 1. The van der Waals surface area contributed by atoms with E-state index in [0.717, 1.165) is 18.4 Å². The highest BCUT2D eigenvalue weighted by Crippen LogP contribution is 2.43. The number of nitrogens with zero attached hydrogens (tertiary/aromatic N) is 1. The first kappa shape index (κ1) is 17.3. The normalized spacial score (nSPS) is 16.4. The second-order valence-corrected chi connectivity index (χ2v) is 6.85. The quantitative estimate of drug-likeness (QED) is 0.625. The summed E-state index contributed by atoms with van der Waals surface area (Å²) in [4.78, 5) is 23.3. The standard InChI is InChI=1S/C20H20N2O5/c23-19(12-14-3-1-2-4-16(14)22(24)25)21-20(13-5-6-13)15-7-8-17-18(11-15)27-10-9-26-17/h1-4,7-8,11,13,20H,5-6,9-10,12H2,(H,21,23). The molecule has 140 valence electrons. The average Bonchev–Trinajstić information content (AvgIpc) is 3.51. The van der Waals surface area contributed by atoms with Gasteiger partial charge in [-0.05, 0) is 36.5 Å². The van der Waals surface area contributed by atoms with E-state index in [0.29, 0.717) is 36.2 Å². The maximum atomic E-state index is 12.6. The Hall–Kier alpha value is -3.09. The largest absolute Gasteiger partial charge is 0.486 e. The predicted octanol–water partition coefficient (Wildman–Crippen LogP) is 3.18. The second-order valence-electron chi connectivity index (χ2n) is 6.85. The van der Waals surface area contributed by atoms with Gasteiger partial charge in [-0.3, -0.25) is 14.9 Å². The van der Waals surface area contributed by atoms with Gasteiger partial charge in [-0.15, -0.1) is 0 Å². The number of rotatable bonds is 6. The zero-order valence-corrected chi connectivity index (χ0v) is 14.7. The molecule has 1 heterocycles. The highest BCUT2D eigenvalue weighted by atomic mass is 16.6. The second kappa shape index (κ2) is 7.26. The fourth-order valence-corrected chi connectivity index (χ4v) is 3.39. The van der Waals surface area contributed by atoms with Crippen molar-refractivity contribution < 1.29 is 19.2 Å². The molecule has 0 radical (unpaired) electrons. The summed E-state index contributed by atoms with van der Waals surface area (Å²) in [6, 6.07) is 11.9. The first-order chi connectivity index (χ1) is 13.1. The maximum absolute atomic E-state index is 12.6. The number of amides is 1. The number of ether oxygens (including phenoxy) is 2. The minimum Gasteiger partial charge on any atom is -0.486 e. The van der Waals surface area contributed by atoms with Crippen LogP contribution >= 0.6 is 0 Å². The lowest BCUT2D eigenvalue weighted by Crippen LogP contribution is -2.31. The SMILES string of the molecule is O=C(Cc1ccccc1[N+](=O)[O-])NC(c1ccc2c(c1)OCCO2)C1CC1. The number of nitro benzene ring substituents is 1. The van der Waals surface area contributed by atoms with E-state index in [1.807, 2.05) is 18.2 Å². The van der Waals surface area contributed by atoms with Gasteiger partial charge in [0, 0.05) is 11.6 Å². The molecule has 2 aliphatic rings. The minimum atomic E-state index is -0.457. The summed E-state index contributed by atoms with van der Waals surface area (Å²) in [6.07, 6.45) is 2.07. The lowest BCUT2D eigenvalue weighted by atomic mass is 10.0. The summed E-state index contributed by atoms with van der Waals surface area (Å²) in [6.45, 7) is 1.04. The van der Waals surface area contributed by atoms with Crippen molar-refractivity contribution in [2.75, 3.05) is 13.2 Å². The Labute approximate surface area is 156 Å². The summed E-state index contributed by atoms with van der Waals surface area (Å²) in [5, 5.41) is 14.2. The van der Waals surface area contributed by atoms with Gasteiger partial charge in [0.05, 0.1) is 17.4 Å². The number of carbonyl (C=O) groups is 1. The van der Waals surface area contributed by atoms with Crippen LogP contribution < -0.4 is 14.8 Å². The summed E-state index contributed by atoms with van der Waals surface area (Å²) >= 11 is 0. The van der Waals surface area contributed by atoms with E-state index in [1.165, 1.54) is 6.07 Å². The Kier molecular flexibility index (Phi) is 4.66. The molecule has 7 heteroatoms. The average molecular weight is 368 g/mol. The Balaban J connectivity index is 1.51. The molecule has 1 aliphatic carbocycles. The first-order valence-corrected chi connectivity index (χ1v) is 9.03. The number of nitrogens with one attached hydrogen (secondary N) is 1. The third-order valence-electron chi connectivity index (χ3n) is 4.87. The molecule has 0 saturated heterocycles. The summed E-state index contributed by atoms with van der Waals surface area (Å²) in [7, 11) is 0. The maximum Gasteiger partial charge on any atom is 0.273 e. The van der Waals surface area contributed by atoms with Crippen molar-refractivity contribution in [1.29, 1.82) is 0 Å². The van der Waals surface area contributed by atoms with E-state index in [9.17, 15) is 14.9 Å². The Bertz CT molecular complexity index is 878. The van der Waals surface area contributed by atoms with E-state index >= 15 is 0 Å². The van der Waals surface area contributed by atoms with Crippen LogP contribution in [0.5, 0.6) is 11.5 Å². The van der Waals surface area contributed by atoms with Gasteiger partial charge in [-0.25, -0.2) is 0 Å². The number of para-hydroxylation sites is 1. The highest BCUT2D eigenvalue weighted by molar-refractivity contribution is 5.80. The van der Waals surface area contributed by atoms with Crippen molar-refractivity contribution in [3.8, 4) is 11.5 Å². The molecule has 2 aromatic rings. The summed E-state index contributed by atoms with van der Waals surface area (Å²) in [5.74, 6) is 1.56. The van der Waals surface area contributed by atoms with Gasteiger partial charge in [0.2, 0.25) is 5.91 Å². The lowest BCUT2D eigenvalue weighted by molar-refractivity contribution is -0.385. The molecule has 1 unspecified atom stereocenters. The molecule has 7 nitrogen and oxygen atoms in total. The Morgan fingerprint density at radius 2 is 1.89 bits per heavy atom. The van der Waals surface area contributed by atoms with Gasteiger partial charge in [0.15, 0.2) is 11.5 Å². The molecule has 1 aliphatic heterocycles. The van der Waals surface area contributed by atoms with Gasteiger partial charge in [-0.1, -0.05) is 24.3 Å². The predicted molar refractivity (Wildman–Crippen MR) is 97.8 cm³/mol. The fourth-order valence-electron chi connectivity index (χ4n) is 3.39. The molecule has 0 spiro atoms. The number of hydrogen-bond donors (Lipinski definition) is 1. The number of benzene rings is 2. The van der Waals surface area contributed by atoms with Crippen molar-refractivity contribution in [2.24, 2.45) is 5.92 Å². The van der Waals surface area contributed by atoms with Crippen molar-refractivity contribution >= 4 is 11.6 Å². The van der Waals surface area contributed by atoms with Crippen LogP contribution in [-0.2, 0) is 11.2 Å². The van der Waals surface area contributed by atoms with Crippen LogP contribution in [0, 0.1) is 16.0 Å². The zero-order chi connectivity index (χ0) is 18.8. The van der Waals surface area contributed by atoms with E-state index in [2.05, 4.69) is 5.32 Å². The number of fused-ring (bicyclic) bond motifs is 1. The third kappa shape index (κ3) is 3.86. The highest BCUT2D eigenvalue weighted by Gasteiger charge is 2.34. The molecule has 1 N–H and O–H groups in total. The molecule has 2 aromatic carbocycles. The van der Waals surface area contributed by atoms with Gasteiger partial charge in [0.1, 0.15) is 13.2 Å². The van der Waals surface area contributed by atoms with Gasteiger partial charge in [-0.2, -0.15) is 0 Å². The van der Waals surface area contributed by atoms with Gasteiger partial charge >= 0.3 is 0 Å². The summed E-state index contributed by atoms with van der Waals surface area (Å²) in [5.41, 5.74) is 1.35. The van der Waals surface area contributed by atoms with Crippen LogP contribution in [0.4, 0.5) is 5.69 Å². The molecule has 1 fully saturated rings.